The predicted molar refractivity (Wildman–Crippen MR) is 75.7 cm³/mol. The highest BCUT2D eigenvalue weighted by atomic mass is 16.2. The van der Waals surface area contributed by atoms with Gasteiger partial charge >= 0.3 is 0 Å². The summed E-state index contributed by atoms with van der Waals surface area (Å²) < 4.78 is 0. The second-order valence-electron chi connectivity index (χ2n) is 4.72. The number of carbonyl (C=O) groups is 2. The highest BCUT2D eigenvalue weighted by Gasteiger charge is 2.26. The molecule has 100 valence electrons. The van der Waals surface area contributed by atoms with Crippen LogP contribution >= 0.6 is 0 Å². The molecule has 1 aromatic heterocycles. The van der Waals surface area contributed by atoms with Crippen LogP contribution < -0.4 is 4.90 Å². The minimum absolute atomic E-state index is 0.0557. The SMILES string of the molecule is O=C(c1ccccc1)c1ncccc1N1CCCC1=O. The number of ketones is 1. The van der Waals surface area contributed by atoms with Crippen LogP contribution in [0.3, 0.4) is 0 Å². The average Bonchev–Trinajstić information content (AvgIpc) is 2.93. The molecule has 0 unspecified atom stereocenters. The van der Waals surface area contributed by atoms with Gasteiger partial charge in [-0.05, 0) is 18.6 Å². The molecule has 2 heterocycles. The van der Waals surface area contributed by atoms with Gasteiger partial charge in [0.15, 0.2) is 0 Å². The molecular formula is C16H14N2O2. The summed E-state index contributed by atoms with van der Waals surface area (Å²) in [6.45, 7) is 0.652. The Morgan fingerprint density at radius 3 is 2.60 bits per heavy atom. The standard InChI is InChI=1S/C16H14N2O2/c19-14-9-5-11-18(14)13-8-4-10-17-15(13)16(20)12-6-2-1-3-7-12/h1-4,6-8,10H,5,9,11H2. The topological polar surface area (TPSA) is 50.3 Å². The van der Waals surface area contributed by atoms with E-state index < -0.39 is 0 Å². The summed E-state index contributed by atoms with van der Waals surface area (Å²) in [6, 6.07) is 12.5. The molecule has 20 heavy (non-hydrogen) atoms. The predicted octanol–water partition coefficient (Wildman–Crippen LogP) is 2.44. The summed E-state index contributed by atoms with van der Waals surface area (Å²) >= 11 is 0. The Bertz CT molecular complexity index is 653. The minimum Gasteiger partial charge on any atom is -0.310 e. The van der Waals surface area contributed by atoms with Crippen LogP contribution in [0.2, 0.25) is 0 Å². The number of aromatic nitrogens is 1. The number of carbonyl (C=O) groups excluding carboxylic acids is 2. The Labute approximate surface area is 117 Å². The molecule has 1 saturated heterocycles. The molecule has 0 saturated carbocycles. The summed E-state index contributed by atoms with van der Waals surface area (Å²) in [5.74, 6) is -0.0963. The van der Waals surface area contributed by atoms with Crippen molar-refractivity contribution < 1.29 is 9.59 Å². The monoisotopic (exact) mass is 266 g/mol. The number of hydrogen-bond donors (Lipinski definition) is 0. The number of hydrogen-bond acceptors (Lipinski definition) is 3. The third kappa shape index (κ3) is 2.20. The summed E-state index contributed by atoms with van der Waals surface area (Å²) in [7, 11) is 0. The zero-order valence-corrected chi connectivity index (χ0v) is 11.0. The Hall–Kier alpha value is -2.49. The van der Waals surface area contributed by atoms with Gasteiger partial charge in [-0.15, -0.1) is 0 Å². The molecule has 2 aromatic rings. The lowest BCUT2D eigenvalue weighted by Crippen LogP contribution is -2.26. The normalized spacial score (nSPS) is 14.6. The van der Waals surface area contributed by atoms with Crippen LogP contribution in [-0.4, -0.2) is 23.2 Å². The van der Waals surface area contributed by atoms with E-state index in [0.29, 0.717) is 29.9 Å². The molecule has 1 amide bonds. The Morgan fingerprint density at radius 1 is 1.10 bits per heavy atom. The second kappa shape index (κ2) is 5.25. The van der Waals surface area contributed by atoms with Crippen LogP contribution in [0.25, 0.3) is 0 Å². The molecule has 0 radical (unpaired) electrons. The Morgan fingerprint density at radius 2 is 1.90 bits per heavy atom. The first kappa shape index (κ1) is 12.5. The van der Waals surface area contributed by atoms with Gasteiger partial charge in [0.1, 0.15) is 5.69 Å². The van der Waals surface area contributed by atoms with Gasteiger partial charge in [0.25, 0.3) is 0 Å². The quantitative estimate of drug-likeness (QED) is 0.802. The van der Waals surface area contributed by atoms with E-state index in [1.165, 1.54) is 0 Å². The zero-order valence-electron chi connectivity index (χ0n) is 11.0. The molecule has 0 aliphatic carbocycles. The molecule has 3 rings (SSSR count). The van der Waals surface area contributed by atoms with Crippen molar-refractivity contribution in [2.75, 3.05) is 11.4 Å². The number of anilines is 1. The van der Waals surface area contributed by atoms with Gasteiger partial charge in [-0.1, -0.05) is 30.3 Å². The number of amides is 1. The second-order valence-corrected chi connectivity index (χ2v) is 4.72. The van der Waals surface area contributed by atoms with E-state index in [4.69, 9.17) is 0 Å². The average molecular weight is 266 g/mol. The number of benzene rings is 1. The van der Waals surface area contributed by atoms with Crippen LogP contribution in [0, 0.1) is 0 Å². The first-order valence-corrected chi connectivity index (χ1v) is 6.62. The van der Waals surface area contributed by atoms with Gasteiger partial charge in [0.2, 0.25) is 11.7 Å². The molecule has 0 spiro atoms. The molecule has 1 aliphatic rings. The van der Waals surface area contributed by atoms with Crippen LogP contribution in [-0.2, 0) is 4.79 Å². The highest BCUT2D eigenvalue weighted by Crippen LogP contribution is 2.25. The van der Waals surface area contributed by atoms with Crippen molar-refractivity contribution >= 4 is 17.4 Å². The molecule has 4 nitrogen and oxygen atoms in total. The maximum absolute atomic E-state index is 12.5. The lowest BCUT2D eigenvalue weighted by atomic mass is 10.1. The fourth-order valence-corrected chi connectivity index (χ4v) is 2.42. The summed E-state index contributed by atoms with van der Waals surface area (Å²) in [6.07, 6.45) is 2.95. The van der Waals surface area contributed by atoms with Crippen molar-refractivity contribution in [3.8, 4) is 0 Å². The molecule has 1 aliphatic heterocycles. The van der Waals surface area contributed by atoms with E-state index in [2.05, 4.69) is 4.98 Å². The van der Waals surface area contributed by atoms with Gasteiger partial charge < -0.3 is 4.90 Å². The van der Waals surface area contributed by atoms with Crippen LogP contribution in [0.4, 0.5) is 5.69 Å². The van der Waals surface area contributed by atoms with Crippen LogP contribution in [0.5, 0.6) is 0 Å². The molecule has 4 heteroatoms. The Balaban J connectivity index is 2.02. The third-order valence-corrected chi connectivity index (χ3v) is 3.40. The zero-order chi connectivity index (χ0) is 13.9. The molecular weight excluding hydrogens is 252 g/mol. The smallest absolute Gasteiger partial charge is 0.227 e. The van der Waals surface area contributed by atoms with E-state index >= 15 is 0 Å². The first-order chi connectivity index (χ1) is 9.77. The van der Waals surface area contributed by atoms with Crippen molar-refractivity contribution in [2.45, 2.75) is 12.8 Å². The lowest BCUT2D eigenvalue weighted by molar-refractivity contribution is -0.117. The molecule has 0 bridgehead atoms. The summed E-state index contributed by atoms with van der Waals surface area (Å²) in [4.78, 5) is 30.2. The summed E-state index contributed by atoms with van der Waals surface area (Å²) in [5, 5.41) is 0. The van der Waals surface area contributed by atoms with E-state index in [0.717, 1.165) is 6.42 Å². The molecule has 1 aromatic carbocycles. The maximum atomic E-state index is 12.5. The maximum Gasteiger partial charge on any atom is 0.227 e. The van der Waals surface area contributed by atoms with E-state index in [9.17, 15) is 9.59 Å². The van der Waals surface area contributed by atoms with Gasteiger partial charge in [-0.25, -0.2) is 0 Å². The van der Waals surface area contributed by atoms with Gasteiger partial charge in [-0.3, -0.25) is 14.6 Å². The minimum atomic E-state index is -0.152. The third-order valence-electron chi connectivity index (χ3n) is 3.40. The first-order valence-electron chi connectivity index (χ1n) is 6.62. The largest absolute Gasteiger partial charge is 0.310 e. The van der Waals surface area contributed by atoms with Crippen molar-refractivity contribution in [1.29, 1.82) is 0 Å². The van der Waals surface area contributed by atoms with Crippen LogP contribution in [0.15, 0.2) is 48.7 Å². The summed E-state index contributed by atoms with van der Waals surface area (Å²) in [5.41, 5.74) is 1.54. The fraction of sp³-hybridized carbons (Fsp3) is 0.188. The highest BCUT2D eigenvalue weighted by molar-refractivity contribution is 6.13. The lowest BCUT2D eigenvalue weighted by Gasteiger charge is -2.18. The number of nitrogens with zero attached hydrogens (tertiary/aromatic N) is 2. The van der Waals surface area contributed by atoms with Crippen LogP contribution in [0.1, 0.15) is 28.9 Å². The number of pyridine rings is 1. The number of rotatable bonds is 3. The Kier molecular flexibility index (Phi) is 3.29. The van der Waals surface area contributed by atoms with E-state index in [-0.39, 0.29) is 11.7 Å². The molecule has 0 N–H and O–H groups in total. The van der Waals surface area contributed by atoms with Crippen molar-refractivity contribution in [3.05, 3.63) is 59.9 Å². The van der Waals surface area contributed by atoms with E-state index in [1.54, 1.807) is 35.4 Å². The van der Waals surface area contributed by atoms with Gasteiger partial charge in [-0.2, -0.15) is 0 Å². The van der Waals surface area contributed by atoms with Crippen molar-refractivity contribution in [2.24, 2.45) is 0 Å². The fourth-order valence-electron chi connectivity index (χ4n) is 2.42. The molecule has 0 atom stereocenters. The van der Waals surface area contributed by atoms with Crippen molar-refractivity contribution in [3.63, 3.8) is 0 Å². The van der Waals surface area contributed by atoms with Gasteiger partial charge in [0, 0.05) is 24.7 Å². The van der Waals surface area contributed by atoms with Gasteiger partial charge in [0.05, 0.1) is 5.69 Å². The van der Waals surface area contributed by atoms with Crippen molar-refractivity contribution in [1.82, 2.24) is 4.98 Å². The van der Waals surface area contributed by atoms with E-state index in [1.807, 2.05) is 18.2 Å². The molecule has 1 fully saturated rings.